The van der Waals surface area contributed by atoms with Gasteiger partial charge in [0.05, 0.1) is 42.7 Å². The van der Waals surface area contributed by atoms with Crippen molar-refractivity contribution in [1.82, 2.24) is 35.0 Å². The van der Waals surface area contributed by atoms with Gasteiger partial charge in [0, 0.05) is 6.54 Å². The number of hydrogen-bond donors (Lipinski definition) is 2. The minimum absolute atomic E-state index is 0.0290. The van der Waals surface area contributed by atoms with Crippen LogP contribution in [0.4, 0.5) is 10.2 Å². The highest BCUT2D eigenvalue weighted by Gasteiger charge is 2.23. The lowest BCUT2D eigenvalue weighted by molar-refractivity contribution is 0.0796. The van der Waals surface area contributed by atoms with Gasteiger partial charge >= 0.3 is 5.76 Å². The van der Waals surface area contributed by atoms with E-state index in [-0.39, 0.29) is 41.6 Å². The predicted octanol–water partition coefficient (Wildman–Crippen LogP) is 0.990. The first-order valence-corrected chi connectivity index (χ1v) is 10.0. The Hall–Kier alpha value is -3.43. The lowest BCUT2D eigenvalue weighted by Gasteiger charge is -2.06. The van der Waals surface area contributed by atoms with Crippen LogP contribution in [-0.4, -0.2) is 59.9 Å². The topological polar surface area (TPSA) is 159 Å². The molecule has 0 aliphatic carbocycles. The average Bonchev–Trinajstić information content (AvgIpc) is 3.51. The molecule has 0 atom stereocenters. The number of benzene rings is 1. The molecule has 0 spiro atoms. The molecule has 2 N–H and O–H groups in total. The van der Waals surface area contributed by atoms with Gasteiger partial charge in [0.1, 0.15) is 11.5 Å². The van der Waals surface area contributed by atoms with E-state index in [9.17, 15) is 9.18 Å². The number of aliphatic hydroxyl groups is 1. The molecule has 4 aromatic rings. The van der Waals surface area contributed by atoms with Crippen molar-refractivity contribution >= 4 is 21.7 Å². The maximum atomic E-state index is 13.6. The van der Waals surface area contributed by atoms with Crippen molar-refractivity contribution in [2.24, 2.45) is 0 Å². The van der Waals surface area contributed by atoms with Crippen molar-refractivity contribution in [1.29, 1.82) is 0 Å². The SMILES string of the molecule is O=c1onc(-c2nonc2NCCn2cc(COCCO)nn2)n1-c1ccc(F)c(Br)c1. The average molecular weight is 511 g/mol. The standard InChI is InChI=1S/C17H16BrFN8O5/c18-12-7-11(1-2-13(12)19)27-16(24-31-17(27)29)14-15(23-32-22-14)20-3-4-26-8-10(21-25-26)9-30-6-5-28/h1-2,7-8,28H,3-6,9H2,(H,20,23). The third-order valence-corrected chi connectivity index (χ3v) is 4.78. The largest absolute Gasteiger partial charge is 0.446 e. The summed E-state index contributed by atoms with van der Waals surface area (Å²) in [4.78, 5) is 12.2. The van der Waals surface area contributed by atoms with Gasteiger partial charge in [-0.3, -0.25) is 9.20 Å². The maximum Gasteiger partial charge on any atom is 0.446 e. The van der Waals surface area contributed by atoms with E-state index in [2.05, 4.69) is 47.0 Å². The quantitative estimate of drug-likeness (QED) is 0.292. The Morgan fingerprint density at radius 3 is 2.97 bits per heavy atom. The third-order valence-electron chi connectivity index (χ3n) is 4.17. The van der Waals surface area contributed by atoms with E-state index >= 15 is 0 Å². The fourth-order valence-corrected chi connectivity index (χ4v) is 3.11. The highest BCUT2D eigenvalue weighted by molar-refractivity contribution is 9.10. The number of nitrogens with zero attached hydrogens (tertiary/aromatic N) is 7. The third kappa shape index (κ3) is 4.74. The van der Waals surface area contributed by atoms with Gasteiger partial charge in [-0.15, -0.1) is 5.10 Å². The fraction of sp³-hybridized carbons (Fsp3) is 0.294. The summed E-state index contributed by atoms with van der Waals surface area (Å²) >= 11 is 3.09. The van der Waals surface area contributed by atoms with Crippen LogP contribution in [0, 0.1) is 5.82 Å². The molecule has 15 heteroatoms. The van der Waals surface area contributed by atoms with E-state index in [1.54, 1.807) is 10.9 Å². The number of aliphatic hydroxyl groups excluding tert-OH is 1. The number of ether oxygens (including phenoxy) is 1. The zero-order valence-corrected chi connectivity index (χ0v) is 17.9. The number of hydrogen-bond acceptors (Lipinski definition) is 11. The summed E-state index contributed by atoms with van der Waals surface area (Å²) in [5, 5.41) is 31.1. The summed E-state index contributed by atoms with van der Waals surface area (Å²) in [7, 11) is 0. The van der Waals surface area contributed by atoms with Crippen molar-refractivity contribution in [2.75, 3.05) is 25.1 Å². The number of aromatic nitrogens is 7. The van der Waals surface area contributed by atoms with Gasteiger partial charge in [0.2, 0.25) is 11.6 Å². The van der Waals surface area contributed by atoms with E-state index in [0.717, 1.165) is 4.57 Å². The number of nitrogens with one attached hydrogen (secondary N) is 1. The smallest absolute Gasteiger partial charge is 0.394 e. The van der Waals surface area contributed by atoms with Gasteiger partial charge in [-0.05, 0) is 44.4 Å². The molecular weight excluding hydrogens is 495 g/mol. The number of halogens is 2. The Labute approximate surface area is 186 Å². The van der Waals surface area contributed by atoms with Crippen LogP contribution in [-0.2, 0) is 17.9 Å². The van der Waals surface area contributed by atoms with Crippen molar-refractivity contribution in [2.45, 2.75) is 13.2 Å². The van der Waals surface area contributed by atoms with Crippen LogP contribution in [0.5, 0.6) is 0 Å². The molecule has 3 heterocycles. The van der Waals surface area contributed by atoms with Crippen molar-refractivity contribution < 1.29 is 23.4 Å². The Balaban J connectivity index is 1.47. The maximum absolute atomic E-state index is 13.6. The minimum Gasteiger partial charge on any atom is -0.394 e. The zero-order valence-electron chi connectivity index (χ0n) is 16.3. The summed E-state index contributed by atoms with van der Waals surface area (Å²) in [5.41, 5.74) is 1.07. The summed E-state index contributed by atoms with van der Waals surface area (Å²) in [6.45, 7) is 1.19. The summed E-state index contributed by atoms with van der Waals surface area (Å²) in [5.74, 6) is -1.02. The molecule has 0 fully saturated rings. The van der Waals surface area contributed by atoms with Gasteiger partial charge in [-0.2, -0.15) is 0 Å². The van der Waals surface area contributed by atoms with Gasteiger partial charge in [-0.25, -0.2) is 18.4 Å². The molecule has 0 aliphatic heterocycles. The van der Waals surface area contributed by atoms with Crippen LogP contribution < -0.4 is 11.1 Å². The van der Waals surface area contributed by atoms with Gasteiger partial charge in [-0.1, -0.05) is 10.4 Å². The first-order valence-electron chi connectivity index (χ1n) is 9.25. The van der Waals surface area contributed by atoms with Crippen LogP contribution in [0.2, 0.25) is 0 Å². The van der Waals surface area contributed by atoms with Crippen molar-refractivity contribution in [3.05, 3.63) is 50.9 Å². The highest BCUT2D eigenvalue weighted by Crippen LogP contribution is 2.26. The zero-order chi connectivity index (χ0) is 22.5. The molecule has 3 aromatic heterocycles. The highest BCUT2D eigenvalue weighted by atomic mass is 79.9. The fourth-order valence-electron chi connectivity index (χ4n) is 2.75. The Kier molecular flexibility index (Phi) is 6.67. The molecule has 0 saturated carbocycles. The van der Waals surface area contributed by atoms with Crippen LogP contribution >= 0.6 is 15.9 Å². The second kappa shape index (κ2) is 9.80. The van der Waals surface area contributed by atoms with Crippen LogP contribution in [0.25, 0.3) is 17.2 Å². The normalized spacial score (nSPS) is 11.2. The van der Waals surface area contributed by atoms with Crippen molar-refractivity contribution in [3.63, 3.8) is 0 Å². The molecule has 1 aromatic carbocycles. The van der Waals surface area contributed by atoms with E-state index in [0.29, 0.717) is 24.5 Å². The Morgan fingerprint density at radius 2 is 2.16 bits per heavy atom. The molecule has 0 aliphatic rings. The molecule has 4 rings (SSSR count). The molecule has 13 nitrogen and oxygen atoms in total. The summed E-state index contributed by atoms with van der Waals surface area (Å²) in [6, 6.07) is 4.00. The molecule has 0 radical (unpaired) electrons. The van der Waals surface area contributed by atoms with Crippen LogP contribution in [0.1, 0.15) is 5.69 Å². The van der Waals surface area contributed by atoms with Gasteiger partial charge in [0.15, 0.2) is 5.69 Å². The molecule has 32 heavy (non-hydrogen) atoms. The molecule has 0 amide bonds. The van der Waals surface area contributed by atoms with E-state index in [1.807, 2.05) is 0 Å². The minimum atomic E-state index is -0.786. The van der Waals surface area contributed by atoms with Gasteiger partial charge < -0.3 is 15.2 Å². The molecular formula is C17H16BrFN8O5. The van der Waals surface area contributed by atoms with E-state index < -0.39 is 11.6 Å². The predicted molar refractivity (Wildman–Crippen MR) is 108 cm³/mol. The number of anilines is 1. The lowest BCUT2D eigenvalue weighted by Crippen LogP contribution is -2.15. The van der Waals surface area contributed by atoms with Crippen LogP contribution in [0.3, 0.4) is 0 Å². The first-order chi connectivity index (χ1) is 15.6. The molecule has 0 unspecified atom stereocenters. The Morgan fingerprint density at radius 1 is 1.28 bits per heavy atom. The second-order valence-corrected chi connectivity index (χ2v) is 7.20. The van der Waals surface area contributed by atoms with E-state index in [4.69, 9.17) is 19.0 Å². The lowest BCUT2D eigenvalue weighted by atomic mass is 10.3. The molecule has 0 saturated heterocycles. The monoisotopic (exact) mass is 510 g/mol. The van der Waals surface area contributed by atoms with Crippen molar-refractivity contribution in [3.8, 4) is 17.2 Å². The van der Waals surface area contributed by atoms with Crippen LogP contribution in [0.15, 0.2) is 42.8 Å². The molecule has 168 valence electrons. The summed E-state index contributed by atoms with van der Waals surface area (Å²) in [6.07, 6.45) is 1.71. The molecule has 0 bridgehead atoms. The Bertz CT molecular complexity index is 1250. The van der Waals surface area contributed by atoms with Gasteiger partial charge in [0.25, 0.3) is 0 Å². The number of rotatable bonds is 10. The second-order valence-electron chi connectivity index (χ2n) is 6.34. The summed E-state index contributed by atoms with van der Waals surface area (Å²) < 4.78 is 31.2. The first kappa shape index (κ1) is 21.8. The van der Waals surface area contributed by atoms with E-state index in [1.165, 1.54) is 18.2 Å².